The fourth-order valence-electron chi connectivity index (χ4n) is 3.67. The number of rotatable bonds is 12. The van der Waals surface area contributed by atoms with Gasteiger partial charge in [-0.25, -0.2) is 14.2 Å². The summed E-state index contributed by atoms with van der Waals surface area (Å²) in [5, 5.41) is 0. The molecule has 0 bridgehead atoms. The van der Waals surface area contributed by atoms with E-state index >= 15 is 0 Å². The van der Waals surface area contributed by atoms with Crippen LogP contribution in [0.4, 0.5) is 4.39 Å². The van der Waals surface area contributed by atoms with Gasteiger partial charge in [-0.15, -0.1) is 0 Å². The molecule has 7 nitrogen and oxygen atoms in total. The first-order valence-corrected chi connectivity index (χ1v) is 11.8. The SMILES string of the molecule is CCOC(=O)C(Cc1ccc(OCCn2c(CC)nc(-c3ccc(F)cc3)cc2=O)cc1)OCC. The van der Waals surface area contributed by atoms with Gasteiger partial charge in [0.2, 0.25) is 0 Å². The highest BCUT2D eigenvalue weighted by atomic mass is 19.1. The van der Waals surface area contributed by atoms with E-state index in [0.717, 1.165) is 5.56 Å². The summed E-state index contributed by atoms with van der Waals surface area (Å²) in [6, 6.07) is 14.8. The van der Waals surface area contributed by atoms with E-state index < -0.39 is 6.10 Å². The largest absolute Gasteiger partial charge is 0.492 e. The van der Waals surface area contributed by atoms with Crippen molar-refractivity contribution in [3.8, 4) is 17.0 Å². The molecule has 1 unspecified atom stereocenters. The van der Waals surface area contributed by atoms with Crippen LogP contribution in [0, 0.1) is 5.82 Å². The number of hydrogen-bond donors (Lipinski definition) is 0. The highest BCUT2D eigenvalue weighted by molar-refractivity contribution is 5.75. The van der Waals surface area contributed by atoms with Crippen LogP contribution in [0.1, 0.15) is 32.2 Å². The van der Waals surface area contributed by atoms with Crippen molar-refractivity contribution < 1.29 is 23.4 Å². The smallest absolute Gasteiger partial charge is 0.335 e. The molecule has 0 amide bonds. The summed E-state index contributed by atoms with van der Waals surface area (Å²) in [5.74, 6) is 0.582. The summed E-state index contributed by atoms with van der Waals surface area (Å²) in [4.78, 5) is 29.4. The van der Waals surface area contributed by atoms with Crippen molar-refractivity contribution >= 4 is 5.97 Å². The van der Waals surface area contributed by atoms with Crippen molar-refractivity contribution in [2.24, 2.45) is 0 Å². The lowest BCUT2D eigenvalue weighted by atomic mass is 10.1. The first-order chi connectivity index (χ1) is 16.9. The monoisotopic (exact) mass is 482 g/mol. The normalized spacial score (nSPS) is 11.8. The van der Waals surface area contributed by atoms with Crippen molar-refractivity contribution in [1.29, 1.82) is 0 Å². The number of aryl methyl sites for hydroxylation is 1. The average Bonchev–Trinajstić information content (AvgIpc) is 2.86. The molecule has 1 heterocycles. The van der Waals surface area contributed by atoms with Crippen LogP contribution in [0.3, 0.4) is 0 Å². The van der Waals surface area contributed by atoms with Gasteiger partial charge in [0.25, 0.3) is 5.56 Å². The molecule has 0 saturated carbocycles. The van der Waals surface area contributed by atoms with Crippen LogP contribution >= 0.6 is 0 Å². The lowest BCUT2D eigenvalue weighted by molar-refractivity contribution is -0.156. The summed E-state index contributed by atoms with van der Waals surface area (Å²) in [6.07, 6.45) is 0.339. The second-order valence-corrected chi connectivity index (χ2v) is 7.80. The van der Waals surface area contributed by atoms with Crippen molar-refractivity contribution in [3.05, 3.63) is 82.2 Å². The van der Waals surface area contributed by atoms with Gasteiger partial charge >= 0.3 is 5.97 Å². The summed E-state index contributed by atoms with van der Waals surface area (Å²) >= 11 is 0. The van der Waals surface area contributed by atoms with E-state index in [-0.39, 0.29) is 24.0 Å². The maximum Gasteiger partial charge on any atom is 0.335 e. The molecule has 0 radical (unpaired) electrons. The predicted octanol–water partition coefficient (Wildman–Crippen LogP) is 4.20. The molecule has 1 aromatic heterocycles. The zero-order chi connectivity index (χ0) is 25.2. The van der Waals surface area contributed by atoms with Gasteiger partial charge in [0.1, 0.15) is 24.0 Å². The number of nitrogens with zero attached hydrogens (tertiary/aromatic N) is 2. The minimum Gasteiger partial charge on any atom is -0.492 e. The van der Waals surface area contributed by atoms with Crippen LogP contribution in [-0.2, 0) is 33.7 Å². The predicted molar refractivity (Wildman–Crippen MR) is 131 cm³/mol. The Morgan fingerprint density at radius 3 is 2.37 bits per heavy atom. The molecule has 0 aliphatic heterocycles. The topological polar surface area (TPSA) is 79.7 Å². The molecule has 2 aromatic carbocycles. The maximum absolute atomic E-state index is 13.2. The minimum atomic E-state index is -0.642. The van der Waals surface area contributed by atoms with Gasteiger partial charge in [-0.1, -0.05) is 19.1 Å². The Hall–Kier alpha value is -3.52. The molecule has 0 fully saturated rings. The van der Waals surface area contributed by atoms with Crippen LogP contribution in [0.5, 0.6) is 5.75 Å². The molecule has 35 heavy (non-hydrogen) atoms. The summed E-state index contributed by atoms with van der Waals surface area (Å²) in [7, 11) is 0. The van der Waals surface area contributed by atoms with E-state index in [0.29, 0.717) is 55.4 Å². The van der Waals surface area contributed by atoms with E-state index in [4.69, 9.17) is 14.2 Å². The molecule has 8 heteroatoms. The second kappa shape index (κ2) is 12.8. The molecular formula is C27H31FN2O5. The zero-order valence-electron chi connectivity index (χ0n) is 20.3. The third kappa shape index (κ3) is 7.23. The number of carbonyl (C=O) groups is 1. The Labute approximate surface area is 204 Å². The fraction of sp³-hybridized carbons (Fsp3) is 0.370. The summed E-state index contributed by atoms with van der Waals surface area (Å²) in [6.45, 7) is 6.89. The van der Waals surface area contributed by atoms with Crippen LogP contribution < -0.4 is 10.3 Å². The summed E-state index contributed by atoms with van der Waals surface area (Å²) in [5.41, 5.74) is 1.95. The second-order valence-electron chi connectivity index (χ2n) is 7.80. The number of carbonyl (C=O) groups excluding carboxylic acids is 1. The van der Waals surface area contributed by atoms with Gasteiger partial charge in [-0.2, -0.15) is 0 Å². The standard InChI is InChI=1S/C27H31FN2O5/c1-4-25-29-23(20-9-11-21(28)12-10-20)18-26(31)30(25)15-16-35-22-13-7-19(8-14-22)17-24(33-5-2)27(32)34-6-3/h7-14,18,24H,4-6,15-17H2,1-3H3. The number of benzene rings is 2. The first-order valence-electron chi connectivity index (χ1n) is 11.8. The molecule has 0 aliphatic rings. The molecule has 0 aliphatic carbocycles. The highest BCUT2D eigenvalue weighted by Crippen LogP contribution is 2.17. The Morgan fingerprint density at radius 1 is 1.03 bits per heavy atom. The Bertz CT molecular complexity index is 1160. The lowest BCUT2D eigenvalue weighted by Crippen LogP contribution is -2.29. The Kier molecular flexibility index (Phi) is 9.55. The molecule has 186 valence electrons. The van der Waals surface area contributed by atoms with Crippen LogP contribution in [0.25, 0.3) is 11.3 Å². The zero-order valence-corrected chi connectivity index (χ0v) is 20.3. The molecular weight excluding hydrogens is 451 g/mol. The molecule has 1 atom stereocenters. The van der Waals surface area contributed by atoms with Gasteiger partial charge in [-0.05, 0) is 55.8 Å². The van der Waals surface area contributed by atoms with E-state index in [1.165, 1.54) is 18.2 Å². The van der Waals surface area contributed by atoms with Gasteiger partial charge in [0, 0.05) is 31.1 Å². The Balaban J connectivity index is 1.62. The van der Waals surface area contributed by atoms with Crippen LogP contribution in [0.2, 0.25) is 0 Å². The van der Waals surface area contributed by atoms with E-state index in [1.807, 2.05) is 38.1 Å². The van der Waals surface area contributed by atoms with Crippen molar-refractivity contribution in [3.63, 3.8) is 0 Å². The highest BCUT2D eigenvalue weighted by Gasteiger charge is 2.20. The van der Waals surface area contributed by atoms with Gasteiger partial charge < -0.3 is 14.2 Å². The number of aromatic nitrogens is 2. The van der Waals surface area contributed by atoms with E-state index in [1.54, 1.807) is 23.6 Å². The Morgan fingerprint density at radius 2 is 1.74 bits per heavy atom. The molecule has 0 saturated heterocycles. The van der Waals surface area contributed by atoms with Crippen molar-refractivity contribution in [1.82, 2.24) is 9.55 Å². The molecule has 3 aromatic rings. The number of halogens is 1. The van der Waals surface area contributed by atoms with Gasteiger partial charge in [-0.3, -0.25) is 9.36 Å². The molecule has 0 N–H and O–H groups in total. The average molecular weight is 483 g/mol. The number of hydrogen-bond acceptors (Lipinski definition) is 6. The maximum atomic E-state index is 13.2. The third-order valence-corrected chi connectivity index (χ3v) is 5.39. The molecule has 3 rings (SSSR count). The van der Waals surface area contributed by atoms with Gasteiger partial charge in [0.05, 0.1) is 18.8 Å². The van der Waals surface area contributed by atoms with E-state index in [9.17, 15) is 14.0 Å². The van der Waals surface area contributed by atoms with E-state index in [2.05, 4.69) is 4.98 Å². The fourth-order valence-corrected chi connectivity index (χ4v) is 3.67. The minimum absolute atomic E-state index is 0.184. The first kappa shape index (κ1) is 26.1. The summed E-state index contributed by atoms with van der Waals surface area (Å²) < 4.78 is 31.2. The quantitative estimate of drug-likeness (QED) is 0.360. The lowest BCUT2D eigenvalue weighted by Gasteiger charge is -2.16. The van der Waals surface area contributed by atoms with Gasteiger partial charge in [0.15, 0.2) is 6.10 Å². The third-order valence-electron chi connectivity index (χ3n) is 5.39. The van der Waals surface area contributed by atoms with Crippen molar-refractivity contribution in [2.75, 3.05) is 19.8 Å². The van der Waals surface area contributed by atoms with Crippen LogP contribution in [0.15, 0.2) is 59.4 Å². The number of ether oxygens (including phenoxy) is 3. The molecule has 0 spiro atoms. The number of esters is 1. The van der Waals surface area contributed by atoms with Crippen molar-refractivity contribution in [2.45, 2.75) is 46.3 Å². The van der Waals surface area contributed by atoms with Crippen LogP contribution in [-0.4, -0.2) is 41.4 Å².